The fourth-order valence-corrected chi connectivity index (χ4v) is 4.17. The molecule has 4 aromatic carbocycles. The third-order valence-corrected chi connectivity index (χ3v) is 6.12. The fraction of sp³-hybridized carbons (Fsp3) is 0.138. The van der Waals surface area contributed by atoms with Crippen LogP contribution in [0.25, 0.3) is 0 Å². The third kappa shape index (κ3) is 5.32. The van der Waals surface area contributed by atoms with Crippen molar-refractivity contribution in [3.8, 4) is 17.2 Å². The van der Waals surface area contributed by atoms with Crippen LogP contribution < -0.4 is 9.47 Å². The Hall–Kier alpha value is -4.34. The summed E-state index contributed by atoms with van der Waals surface area (Å²) < 4.78 is 109. The number of halogens is 7. The molecule has 4 rings (SSSR count). The summed E-state index contributed by atoms with van der Waals surface area (Å²) >= 11 is 0. The van der Waals surface area contributed by atoms with Gasteiger partial charge in [0.15, 0.2) is 5.78 Å². The molecular weight excluding hydrogens is 529 g/mol. The van der Waals surface area contributed by atoms with Gasteiger partial charge in [0.1, 0.15) is 23.1 Å². The average molecular weight is 548 g/mol. The molecule has 202 valence electrons. The lowest BCUT2D eigenvalue weighted by molar-refractivity contribution is -0.288. The summed E-state index contributed by atoms with van der Waals surface area (Å²) in [4.78, 5) is 12.5. The number of ketones is 1. The lowest BCUT2D eigenvalue weighted by Gasteiger charge is -2.38. The number of hydrogen-bond acceptors (Lipinski definition) is 3. The lowest BCUT2D eigenvalue weighted by Crippen LogP contribution is -2.54. The maximum absolute atomic E-state index is 14.3. The normalized spacial score (nSPS) is 12.2. The average Bonchev–Trinajstić information content (AvgIpc) is 2.89. The molecular formula is C29H19F7O3. The highest BCUT2D eigenvalue weighted by molar-refractivity contribution is 6.09. The van der Waals surface area contributed by atoms with Crippen molar-refractivity contribution in [2.75, 3.05) is 7.11 Å². The molecule has 0 bridgehead atoms. The van der Waals surface area contributed by atoms with Crippen LogP contribution in [0.1, 0.15) is 27.0 Å². The van der Waals surface area contributed by atoms with Crippen molar-refractivity contribution >= 4 is 5.78 Å². The Labute approximate surface area is 218 Å². The summed E-state index contributed by atoms with van der Waals surface area (Å²) in [5.41, 5.74) is -5.83. The van der Waals surface area contributed by atoms with Gasteiger partial charge in [-0.3, -0.25) is 4.79 Å². The molecule has 0 aliphatic carbocycles. The fourth-order valence-electron chi connectivity index (χ4n) is 4.17. The largest absolute Gasteiger partial charge is 0.497 e. The van der Waals surface area contributed by atoms with E-state index in [0.29, 0.717) is 12.1 Å². The molecule has 39 heavy (non-hydrogen) atoms. The van der Waals surface area contributed by atoms with Crippen LogP contribution >= 0.6 is 0 Å². The summed E-state index contributed by atoms with van der Waals surface area (Å²) in [6, 6.07) is 17.6. The van der Waals surface area contributed by atoms with Crippen LogP contribution in [0.3, 0.4) is 0 Å². The highest BCUT2D eigenvalue weighted by Crippen LogP contribution is 2.56. The molecule has 0 unspecified atom stereocenters. The number of ether oxygens (including phenoxy) is 2. The molecule has 0 spiro atoms. The van der Waals surface area contributed by atoms with E-state index in [1.165, 1.54) is 43.5 Å². The van der Waals surface area contributed by atoms with Gasteiger partial charge in [0.25, 0.3) is 0 Å². The highest BCUT2D eigenvalue weighted by Gasteiger charge is 2.72. The monoisotopic (exact) mass is 548 g/mol. The summed E-state index contributed by atoms with van der Waals surface area (Å²) in [6.07, 6.45) is -11.5. The minimum absolute atomic E-state index is 0.0238. The molecule has 0 aliphatic heterocycles. The van der Waals surface area contributed by atoms with Gasteiger partial charge in [-0.1, -0.05) is 24.3 Å². The minimum Gasteiger partial charge on any atom is -0.497 e. The molecule has 0 atom stereocenters. The smallest absolute Gasteiger partial charge is 0.411 e. The molecule has 0 aromatic heterocycles. The Morgan fingerprint density at radius 3 is 1.31 bits per heavy atom. The van der Waals surface area contributed by atoms with Crippen LogP contribution in [-0.2, 0) is 5.41 Å². The molecule has 0 amide bonds. The molecule has 0 radical (unpaired) electrons. The van der Waals surface area contributed by atoms with Crippen LogP contribution in [0.4, 0.5) is 30.7 Å². The molecule has 0 aliphatic rings. The molecule has 3 nitrogen and oxygen atoms in total. The van der Waals surface area contributed by atoms with Crippen molar-refractivity contribution in [1.29, 1.82) is 0 Å². The van der Waals surface area contributed by atoms with E-state index in [-0.39, 0.29) is 34.2 Å². The maximum atomic E-state index is 14.3. The Balaban J connectivity index is 1.62. The molecule has 0 saturated carbocycles. The Bertz CT molecular complexity index is 1410. The van der Waals surface area contributed by atoms with Crippen LogP contribution in [0.2, 0.25) is 0 Å². The van der Waals surface area contributed by atoms with Crippen molar-refractivity contribution in [3.05, 3.63) is 125 Å². The topological polar surface area (TPSA) is 35.5 Å². The van der Waals surface area contributed by atoms with Crippen molar-refractivity contribution in [3.63, 3.8) is 0 Å². The predicted molar refractivity (Wildman–Crippen MR) is 129 cm³/mol. The van der Waals surface area contributed by atoms with E-state index < -0.39 is 34.7 Å². The SMILES string of the molecule is COc1ccc(C(c2ccc(Oc3ccc(C(=O)c4ccc(F)cc4)cc3)cc2)(C(F)(F)F)C(F)(F)F)cc1. The second-order valence-electron chi connectivity index (χ2n) is 8.46. The van der Waals surface area contributed by atoms with E-state index >= 15 is 0 Å². The first kappa shape index (κ1) is 27.7. The van der Waals surface area contributed by atoms with E-state index in [0.717, 1.165) is 48.5 Å². The van der Waals surface area contributed by atoms with Gasteiger partial charge in [0.2, 0.25) is 5.41 Å². The maximum Gasteiger partial charge on any atom is 0.411 e. The van der Waals surface area contributed by atoms with E-state index in [1.807, 2.05) is 0 Å². The Morgan fingerprint density at radius 2 is 0.923 bits per heavy atom. The van der Waals surface area contributed by atoms with Gasteiger partial charge in [0, 0.05) is 11.1 Å². The van der Waals surface area contributed by atoms with Crippen molar-refractivity contribution in [2.24, 2.45) is 0 Å². The van der Waals surface area contributed by atoms with Crippen LogP contribution in [0, 0.1) is 5.82 Å². The van der Waals surface area contributed by atoms with E-state index in [4.69, 9.17) is 9.47 Å². The molecule has 0 N–H and O–H groups in total. The van der Waals surface area contributed by atoms with Crippen molar-refractivity contribution in [2.45, 2.75) is 17.8 Å². The predicted octanol–water partition coefficient (Wildman–Crippen LogP) is 8.27. The number of carbonyl (C=O) groups is 1. The number of methoxy groups -OCH3 is 1. The Kier molecular flexibility index (Phi) is 7.41. The van der Waals surface area contributed by atoms with Gasteiger partial charge < -0.3 is 9.47 Å². The summed E-state index contributed by atoms with van der Waals surface area (Å²) in [5.74, 6) is -0.602. The molecule has 0 heterocycles. The van der Waals surface area contributed by atoms with Gasteiger partial charge in [-0.15, -0.1) is 0 Å². The first-order chi connectivity index (χ1) is 18.4. The second-order valence-corrected chi connectivity index (χ2v) is 8.46. The number of alkyl halides is 6. The standard InChI is InChI=1S/C29H19F7O3/c1-38-23-14-6-20(7-15-23)27(28(31,32)33,29(34,35)36)21-8-16-25(17-9-21)39-24-12-4-19(5-13-24)26(37)18-2-10-22(30)11-3-18/h2-17H,1H3. The number of benzene rings is 4. The first-order valence-corrected chi connectivity index (χ1v) is 11.3. The molecule has 4 aromatic rings. The zero-order valence-corrected chi connectivity index (χ0v) is 20.1. The number of hydrogen-bond donors (Lipinski definition) is 0. The quantitative estimate of drug-likeness (QED) is 0.172. The van der Waals surface area contributed by atoms with Gasteiger partial charge in [-0.25, -0.2) is 4.39 Å². The zero-order valence-electron chi connectivity index (χ0n) is 20.1. The van der Waals surface area contributed by atoms with Crippen LogP contribution in [-0.4, -0.2) is 25.2 Å². The van der Waals surface area contributed by atoms with Gasteiger partial charge in [-0.05, 0) is 83.9 Å². The first-order valence-electron chi connectivity index (χ1n) is 11.3. The number of rotatable bonds is 7. The third-order valence-electron chi connectivity index (χ3n) is 6.12. The summed E-state index contributed by atoms with van der Waals surface area (Å²) in [7, 11) is 1.24. The van der Waals surface area contributed by atoms with Crippen molar-refractivity contribution in [1.82, 2.24) is 0 Å². The van der Waals surface area contributed by atoms with Crippen LogP contribution in [0.15, 0.2) is 97.1 Å². The molecule has 0 saturated heterocycles. The van der Waals surface area contributed by atoms with Crippen molar-refractivity contribution < 1.29 is 45.0 Å². The van der Waals surface area contributed by atoms with Gasteiger partial charge in [-0.2, -0.15) is 26.3 Å². The zero-order chi connectivity index (χ0) is 28.4. The second kappa shape index (κ2) is 10.4. The highest BCUT2D eigenvalue weighted by atomic mass is 19.4. The van der Waals surface area contributed by atoms with E-state index in [1.54, 1.807) is 0 Å². The summed E-state index contributed by atoms with van der Waals surface area (Å²) in [6.45, 7) is 0. The van der Waals surface area contributed by atoms with Crippen LogP contribution in [0.5, 0.6) is 17.2 Å². The molecule has 10 heteroatoms. The molecule has 0 fully saturated rings. The number of carbonyl (C=O) groups excluding carboxylic acids is 1. The van der Waals surface area contributed by atoms with Gasteiger partial charge in [0.05, 0.1) is 7.11 Å². The van der Waals surface area contributed by atoms with Gasteiger partial charge >= 0.3 is 12.4 Å². The van der Waals surface area contributed by atoms with E-state index in [9.17, 15) is 35.5 Å². The summed E-state index contributed by atoms with van der Waals surface area (Å²) in [5, 5.41) is 0. The lowest BCUT2D eigenvalue weighted by atomic mass is 9.73. The van der Waals surface area contributed by atoms with E-state index in [2.05, 4.69) is 0 Å². The minimum atomic E-state index is -5.73. The Morgan fingerprint density at radius 1 is 0.564 bits per heavy atom.